The fraction of sp³-hybridized carbons (Fsp3) is 0.0769. The SMILES string of the molecule is N#Cc1ccccc1NCc1cn2ccsc2n1. The van der Waals surface area contributed by atoms with E-state index in [1.54, 1.807) is 17.4 Å². The van der Waals surface area contributed by atoms with E-state index in [0.717, 1.165) is 16.3 Å². The van der Waals surface area contributed by atoms with Crippen LogP contribution in [0.1, 0.15) is 11.3 Å². The first kappa shape index (κ1) is 10.8. The number of fused-ring (bicyclic) bond motifs is 1. The lowest BCUT2D eigenvalue weighted by molar-refractivity contribution is 1.08. The zero-order chi connectivity index (χ0) is 12.4. The molecule has 0 aliphatic carbocycles. The molecule has 3 rings (SSSR count). The lowest BCUT2D eigenvalue weighted by Crippen LogP contribution is -2.01. The van der Waals surface area contributed by atoms with Crippen molar-refractivity contribution in [1.82, 2.24) is 9.38 Å². The number of hydrogen-bond acceptors (Lipinski definition) is 4. The molecule has 0 aliphatic rings. The van der Waals surface area contributed by atoms with Crippen molar-refractivity contribution in [1.29, 1.82) is 5.26 Å². The molecule has 0 unspecified atom stereocenters. The van der Waals surface area contributed by atoms with Crippen LogP contribution in [0.5, 0.6) is 0 Å². The molecule has 1 aromatic carbocycles. The van der Waals surface area contributed by atoms with Crippen LogP contribution in [0, 0.1) is 11.3 Å². The fourth-order valence-corrected chi connectivity index (χ4v) is 2.50. The molecule has 1 N–H and O–H groups in total. The van der Waals surface area contributed by atoms with Gasteiger partial charge in [0.1, 0.15) is 6.07 Å². The van der Waals surface area contributed by atoms with Crippen molar-refractivity contribution in [3.05, 3.63) is 53.3 Å². The van der Waals surface area contributed by atoms with Crippen LogP contribution < -0.4 is 5.32 Å². The largest absolute Gasteiger partial charge is 0.378 e. The standard InChI is InChI=1S/C13H10N4S/c14-7-10-3-1-2-4-12(10)15-8-11-9-17-5-6-18-13(17)16-11/h1-6,9,15H,8H2. The molecular formula is C13H10N4S. The summed E-state index contributed by atoms with van der Waals surface area (Å²) >= 11 is 1.61. The maximum atomic E-state index is 8.99. The summed E-state index contributed by atoms with van der Waals surface area (Å²) in [6.45, 7) is 0.618. The molecule has 2 heterocycles. The van der Waals surface area contributed by atoms with E-state index in [-0.39, 0.29) is 0 Å². The monoisotopic (exact) mass is 254 g/mol. The third kappa shape index (κ3) is 1.94. The van der Waals surface area contributed by atoms with Crippen LogP contribution in [-0.2, 0) is 6.54 Å². The van der Waals surface area contributed by atoms with Gasteiger partial charge >= 0.3 is 0 Å². The summed E-state index contributed by atoms with van der Waals surface area (Å²) in [4.78, 5) is 5.47. The molecule has 0 spiro atoms. The number of aromatic nitrogens is 2. The van der Waals surface area contributed by atoms with Gasteiger partial charge in [-0.3, -0.25) is 4.40 Å². The van der Waals surface area contributed by atoms with Crippen LogP contribution in [0.2, 0.25) is 0 Å². The number of para-hydroxylation sites is 1. The number of thiazole rings is 1. The molecule has 0 saturated heterocycles. The number of anilines is 1. The van der Waals surface area contributed by atoms with Crippen molar-refractivity contribution in [2.45, 2.75) is 6.54 Å². The fourth-order valence-electron chi connectivity index (χ4n) is 1.78. The first-order valence-corrected chi connectivity index (χ1v) is 6.39. The zero-order valence-corrected chi connectivity index (χ0v) is 10.3. The van der Waals surface area contributed by atoms with Crippen LogP contribution in [0.15, 0.2) is 42.0 Å². The molecule has 0 aliphatic heterocycles. The van der Waals surface area contributed by atoms with E-state index in [4.69, 9.17) is 5.26 Å². The lowest BCUT2D eigenvalue weighted by atomic mass is 10.2. The van der Waals surface area contributed by atoms with Gasteiger partial charge in [-0.15, -0.1) is 11.3 Å². The van der Waals surface area contributed by atoms with E-state index >= 15 is 0 Å². The number of imidazole rings is 1. The summed E-state index contributed by atoms with van der Waals surface area (Å²) in [5, 5.41) is 14.2. The summed E-state index contributed by atoms with van der Waals surface area (Å²) in [6, 6.07) is 9.64. The molecule has 0 bridgehead atoms. The molecule has 5 heteroatoms. The van der Waals surface area contributed by atoms with Gasteiger partial charge < -0.3 is 5.32 Å². The summed E-state index contributed by atoms with van der Waals surface area (Å²) < 4.78 is 2.00. The van der Waals surface area contributed by atoms with Crippen molar-refractivity contribution in [2.24, 2.45) is 0 Å². The highest BCUT2D eigenvalue weighted by Crippen LogP contribution is 2.16. The second kappa shape index (κ2) is 4.51. The molecule has 3 aromatic rings. The number of rotatable bonds is 3. The summed E-state index contributed by atoms with van der Waals surface area (Å²) in [7, 11) is 0. The first-order valence-electron chi connectivity index (χ1n) is 5.51. The van der Waals surface area contributed by atoms with Crippen molar-refractivity contribution in [2.75, 3.05) is 5.32 Å². The number of nitriles is 1. The van der Waals surface area contributed by atoms with Crippen LogP contribution in [0.3, 0.4) is 0 Å². The van der Waals surface area contributed by atoms with Crippen molar-refractivity contribution < 1.29 is 0 Å². The Morgan fingerprint density at radius 2 is 2.28 bits per heavy atom. The van der Waals surface area contributed by atoms with Gasteiger partial charge in [-0.05, 0) is 12.1 Å². The van der Waals surface area contributed by atoms with Gasteiger partial charge in [-0.1, -0.05) is 12.1 Å². The van der Waals surface area contributed by atoms with Crippen LogP contribution in [0.4, 0.5) is 5.69 Å². The normalized spacial score (nSPS) is 10.4. The van der Waals surface area contributed by atoms with Gasteiger partial charge in [-0.25, -0.2) is 4.98 Å². The maximum absolute atomic E-state index is 8.99. The Balaban J connectivity index is 1.78. The third-order valence-electron chi connectivity index (χ3n) is 2.65. The molecule has 2 aromatic heterocycles. The molecule has 0 amide bonds. The smallest absolute Gasteiger partial charge is 0.193 e. The van der Waals surface area contributed by atoms with Gasteiger partial charge in [0.2, 0.25) is 0 Å². The number of hydrogen-bond donors (Lipinski definition) is 1. The molecule has 0 fully saturated rings. The molecule has 0 saturated carbocycles. The average Bonchev–Trinajstić information content (AvgIpc) is 2.97. The predicted molar refractivity (Wildman–Crippen MR) is 71.6 cm³/mol. The van der Waals surface area contributed by atoms with Crippen LogP contribution in [-0.4, -0.2) is 9.38 Å². The van der Waals surface area contributed by atoms with E-state index in [2.05, 4.69) is 16.4 Å². The molecule has 0 atom stereocenters. The Kier molecular flexibility index (Phi) is 2.71. The Morgan fingerprint density at radius 3 is 3.11 bits per heavy atom. The second-order valence-corrected chi connectivity index (χ2v) is 4.71. The molecular weight excluding hydrogens is 244 g/mol. The Labute approximate surface area is 108 Å². The van der Waals surface area contributed by atoms with Gasteiger partial charge in [0.15, 0.2) is 4.96 Å². The highest BCUT2D eigenvalue weighted by Gasteiger charge is 2.04. The highest BCUT2D eigenvalue weighted by atomic mass is 32.1. The van der Waals surface area contributed by atoms with Crippen LogP contribution in [0.25, 0.3) is 4.96 Å². The average molecular weight is 254 g/mol. The minimum absolute atomic E-state index is 0.618. The van der Waals surface area contributed by atoms with Gasteiger partial charge in [0, 0.05) is 17.8 Å². The van der Waals surface area contributed by atoms with Gasteiger partial charge in [-0.2, -0.15) is 5.26 Å². The second-order valence-electron chi connectivity index (χ2n) is 3.84. The number of benzene rings is 1. The van der Waals surface area contributed by atoms with E-state index < -0.39 is 0 Å². The third-order valence-corrected chi connectivity index (χ3v) is 3.42. The van der Waals surface area contributed by atoms with Gasteiger partial charge in [0.25, 0.3) is 0 Å². The van der Waals surface area contributed by atoms with Crippen molar-refractivity contribution >= 4 is 22.0 Å². The highest BCUT2D eigenvalue weighted by molar-refractivity contribution is 7.15. The Hall–Kier alpha value is -2.32. The zero-order valence-electron chi connectivity index (χ0n) is 9.50. The van der Waals surface area contributed by atoms with Crippen molar-refractivity contribution in [3.8, 4) is 6.07 Å². The first-order chi connectivity index (χ1) is 8.86. The minimum atomic E-state index is 0.618. The van der Waals surface area contributed by atoms with Crippen LogP contribution >= 0.6 is 11.3 Å². The quantitative estimate of drug-likeness (QED) is 0.782. The summed E-state index contributed by atoms with van der Waals surface area (Å²) in [5.41, 5.74) is 2.46. The maximum Gasteiger partial charge on any atom is 0.193 e. The van der Waals surface area contributed by atoms with Gasteiger partial charge in [0.05, 0.1) is 23.5 Å². The van der Waals surface area contributed by atoms with Crippen molar-refractivity contribution in [3.63, 3.8) is 0 Å². The number of nitrogens with zero attached hydrogens (tertiary/aromatic N) is 3. The van der Waals surface area contributed by atoms with E-state index in [1.807, 2.05) is 40.4 Å². The van der Waals surface area contributed by atoms with E-state index in [1.165, 1.54) is 0 Å². The summed E-state index contributed by atoms with van der Waals surface area (Å²) in [5.74, 6) is 0. The summed E-state index contributed by atoms with van der Waals surface area (Å²) in [6.07, 6.45) is 3.98. The predicted octanol–water partition coefficient (Wildman–Crippen LogP) is 2.88. The minimum Gasteiger partial charge on any atom is -0.378 e. The molecule has 4 nitrogen and oxygen atoms in total. The Morgan fingerprint density at radius 1 is 1.39 bits per heavy atom. The Bertz CT molecular complexity index is 691. The lowest BCUT2D eigenvalue weighted by Gasteiger charge is -2.05. The van der Waals surface area contributed by atoms with E-state index in [9.17, 15) is 0 Å². The molecule has 88 valence electrons. The number of nitrogens with one attached hydrogen (secondary N) is 1. The molecule has 0 radical (unpaired) electrons. The topological polar surface area (TPSA) is 53.1 Å². The van der Waals surface area contributed by atoms with E-state index in [0.29, 0.717) is 12.1 Å². The molecule has 18 heavy (non-hydrogen) atoms.